The second-order valence-corrected chi connectivity index (χ2v) is 5.83. The SMILES string of the molecule is Cc1cc(Oc2ccccc2F)nc(C2CCCN2CC(N)=O)n1. The maximum atomic E-state index is 13.8. The summed E-state index contributed by atoms with van der Waals surface area (Å²) in [7, 11) is 0. The zero-order valence-corrected chi connectivity index (χ0v) is 13.4. The van der Waals surface area contributed by atoms with Crippen LogP contribution in [0.3, 0.4) is 0 Å². The summed E-state index contributed by atoms with van der Waals surface area (Å²) in [5.74, 6) is 0.138. The Hall–Kier alpha value is -2.54. The lowest BCUT2D eigenvalue weighted by Gasteiger charge is -2.22. The lowest BCUT2D eigenvalue weighted by Crippen LogP contribution is -2.34. The van der Waals surface area contributed by atoms with Crippen LogP contribution in [0.1, 0.15) is 30.4 Å². The first kappa shape index (κ1) is 16.3. The predicted octanol–water partition coefficient (Wildman–Crippen LogP) is 2.34. The summed E-state index contributed by atoms with van der Waals surface area (Å²) in [4.78, 5) is 22.1. The lowest BCUT2D eigenvalue weighted by molar-refractivity contribution is -0.119. The van der Waals surface area contributed by atoms with Crippen LogP contribution in [0.25, 0.3) is 0 Å². The van der Waals surface area contributed by atoms with Gasteiger partial charge in [0.15, 0.2) is 11.6 Å². The zero-order valence-electron chi connectivity index (χ0n) is 13.4. The van der Waals surface area contributed by atoms with E-state index in [4.69, 9.17) is 10.5 Å². The number of carbonyl (C=O) groups excluding carboxylic acids is 1. The number of aromatic nitrogens is 2. The van der Waals surface area contributed by atoms with Crippen LogP contribution < -0.4 is 10.5 Å². The molecule has 126 valence electrons. The number of likely N-dealkylation sites (tertiary alicyclic amines) is 1. The molecule has 1 fully saturated rings. The van der Waals surface area contributed by atoms with Gasteiger partial charge in [0.1, 0.15) is 5.82 Å². The summed E-state index contributed by atoms with van der Waals surface area (Å²) in [6.07, 6.45) is 1.79. The van der Waals surface area contributed by atoms with Crippen LogP contribution in [0.4, 0.5) is 4.39 Å². The highest BCUT2D eigenvalue weighted by molar-refractivity contribution is 5.76. The number of hydrogen-bond donors (Lipinski definition) is 1. The fourth-order valence-corrected chi connectivity index (χ4v) is 2.91. The number of benzene rings is 1. The van der Waals surface area contributed by atoms with Gasteiger partial charge in [0.2, 0.25) is 11.8 Å². The van der Waals surface area contributed by atoms with Crippen LogP contribution in [0.2, 0.25) is 0 Å². The number of ether oxygens (including phenoxy) is 1. The van der Waals surface area contributed by atoms with Crippen molar-refractivity contribution < 1.29 is 13.9 Å². The van der Waals surface area contributed by atoms with Crippen molar-refractivity contribution >= 4 is 5.91 Å². The van der Waals surface area contributed by atoms with Crippen LogP contribution in [-0.2, 0) is 4.79 Å². The molecule has 2 aromatic rings. The second-order valence-electron chi connectivity index (χ2n) is 5.83. The van der Waals surface area contributed by atoms with E-state index in [1.165, 1.54) is 6.07 Å². The van der Waals surface area contributed by atoms with Gasteiger partial charge >= 0.3 is 0 Å². The van der Waals surface area contributed by atoms with E-state index in [0.29, 0.717) is 5.82 Å². The van der Waals surface area contributed by atoms with Crippen LogP contribution in [0, 0.1) is 12.7 Å². The molecule has 1 aliphatic rings. The number of nitrogens with zero attached hydrogens (tertiary/aromatic N) is 3. The summed E-state index contributed by atoms with van der Waals surface area (Å²) in [5, 5.41) is 0. The average molecular weight is 330 g/mol. The summed E-state index contributed by atoms with van der Waals surface area (Å²) in [6.45, 7) is 2.77. The van der Waals surface area contributed by atoms with Gasteiger partial charge in [-0.2, -0.15) is 4.98 Å². The van der Waals surface area contributed by atoms with Crippen molar-refractivity contribution in [2.24, 2.45) is 5.73 Å². The smallest absolute Gasteiger partial charge is 0.231 e. The number of rotatable bonds is 5. The minimum atomic E-state index is -0.452. The molecule has 3 rings (SSSR count). The van der Waals surface area contributed by atoms with Crippen molar-refractivity contribution in [1.29, 1.82) is 0 Å². The van der Waals surface area contributed by atoms with Crippen molar-refractivity contribution in [2.75, 3.05) is 13.1 Å². The number of para-hydroxylation sites is 1. The zero-order chi connectivity index (χ0) is 17.1. The molecule has 24 heavy (non-hydrogen) atoms. The molecular weight excluding hydrogens is 311 g/mol. The highest BCUT2D eigenvalue weighted by Gasteiger charge is 2.29. The maximum Gasteiger partial charge on any atom is 0.231 e. The molecule has 0 saturated carbocycles. The molecule has 2 N–H and O–H groups in total. The van der Waals surface area contributed by atoms with Crippen molar-refractivity contribution in [2.45, 2.75) is 25.8 Å². The molecule has 2 heterocycles. The summed E-state index contributed by atoms with van der Waals surface area (Å²) in [5.41, 5.74) is 6.02. The minimum absolute atomic E-state index is 0.0830. The third-order valence-corrected chi connectivity index (χ3v) is 3.92. The van der Waals surface area contributed by atoms with Gasteiger partial charge < -0.3 is 10.5 Å². The Labute approximate surface area is 139 Å². The highest BCUT2D eigenvalue weighted by atomic mass is 19.1. The Bertz CT molecular complexity index is 753. The number of amides is 1. The number of halogens is 1. The van der Waals surface area contributed by atoms with Crippen molar-refractivity contribution in [3.63, 3.8) is 0 Å². The summed E-state index contributed by atoms with van der Waals surface area (Å²) >= 11 is 0. The number of hydrogen-bond acceptors (Lipinski definition) is 5. The maximum absolute atomic E-state index is 13.8. The van der Waals surface area contributed by atoms with Gasteiger partial charge in [0, 0.05) is 11.8 Å². The Balaban J connectivity index is 1.86. The molecular formula is C17H19FN4O2. The molecule has 6 nitrogen and oxygen atoms in total. The lowest BCUT2D eigenvalue weighted by atomic mass is 10.2. The van der Waals surface area contributed by atoms with E-state index in [9.17, 15) is 9.18 Å². The molecule has 1 atom stereocenters. The number of carbonyl (C=O) groups is 1. The van der Waals surface area contributed by atoms with E-state index in [0.717, 1.165) is 25.1 Å². The van der Waals surface area contributed by atoms with Crippen LogP contribution in [-0.4, -0.2) is 33.9 Å². The molecule has 0 bridgehead atoms. The highest BCUT2D eigenvalue weighted by Crippen LogP contribution is 2.31. The number of nitrogens with two attached hydrogens (primary N) is 1. The topological polar surface area (TPSA) is 81.3 Å². The van der Waals surface area contributed by atoms with Gasteiger partial charge in [-0.15, -0.1) is 0 Å². The van der Waals surface area contributed by atoms with E-state index in [1.54, 1.807) is 24.3 Å². The van der Waals surface area contributed by atoms with Gasteiger partial charge in [-0.1, -0.05) is 12.1 Å². The quantitative estimate of drug-likeness (QED) is 0.910. The Morgan fingerprint density at radius 1 is 1.42 bits per heavy atom. The van der Waals surface area contributed by atoms with Crippen molar-refractivity contribution in [3.05, 3.63) is 47.7 Å². The standard InChI is InChI=1S/C17H19FN4O2/c1-11-9-16(24-14-7-3-2-5-12(14)18)21-17(20-11)13-6-4-8-22(13)10-15(19)23/h2-3,5,7,9,13H,4,6,8,10H2,1H3,(H2,19,23). The monoisotopic (exact) mass is 330 g/mol. The van der Waals surface area contributed by atoms with Crippen LogP contribution >= 0.6 is 0 Å². The van der Waals surface area contributed by atoms with Gasteiger partial charge in [-0.25, -0.2) is 9.37 Å². The first-order chi connectivity index (χ1) is 11.5. The van der Waals surface area contributed by atoms with E-state index in [1.807, 2.05) is 11.8 Å². The van der Waals surface area contributed by atoms with E-state index in [-0.39, 0.29) is 30.1 Å². The molecule has 1 saturated heterocycles. The van der Waals surface area contributed by atoms with Gasteiger partial charge in [0.05, 0.1) is 12.6 Å². The molecule has 7 heteroatoms. The summed E-state index contributed by atoms with van der Waals surface area (Å²) in [6, 6.07) is 7.74. The molecule has 1 aliphatic heterocycles. The molecule has 1 amide bonds. The molecule has 1 aromatic heterocycles. The molecule has 0 aliphatic carbocycles. The Morgan fingerprint density at radius 2 is 2.21 bits per heavy atom. The third kappa shape index (κ3) is 3.68. The molecule has 0 spiro atoms. The van der Waals surface area contributed by atoms with Gasteiger partial charge in [0.25, 0.3) is 0 Å². The van der Waals surface area contributed by atoms with Crippen LogP contribution in [0.5, 0.6) is 11.6 Å². The van der Waals surface area contributed by atoms with E-state index >= 15 is 0 Å². The third-order valence-electron chi connectivity index (χ3n) is 3.92. The largest absolute Gasteiger partial charge is 0.436 e. The molecule has 1 unspecified atom stereocenters. The molecule has 0 radical (unpaired) electrons. The van der Waals surface area contributed by atoms with E-state index < -0.39 is 5.82 Å². The normalized spacial score (nSPS) is 17.8. The first-order valence-electron chi connectivity index (χ1n) is 7.83. The van der Waals surface area contributed by atoms with Crippen LogP contribution in [0.15, 0.2) is 30.3 Å². The first-order valence-corrected chi connectivity index (χ1v) is 7.83. The fourth-order valence-electron chi connectivity index (χ4n) is 2.91. The average Bonchev–Trinajstić information content (AvgIpc) is 2.96. The Kier molecular flexibility index (Phi) is 4.71. The Morgan fingerprint density at radius 3 is 2.96 bits per heavy atom. The van der Waals surface area contributed by atoms with Gasteiger partial charge in [-0.05, 0) is 38.4 Å². The number of aryl methyl sites for hydroxylation is 1. The van der Waals surface area contributed by atoms with Gasteiger partial charge in [-0.3, -0.25) is 9.69 Å². The number of primary amides is 1. The predicted molar refractivity (Wildman–Crippen MR) is 86.0 cm³/mol. The van der Waals surface area contributed by atoms with E-state index in [2.05, 4.69) is 9.97 Å². The molecule has 1 aromatic carbocycles. The minimum Gasteiger partial charge on any atom is -0.436 e. The van der Waals surface area contributed by atoms with Crippen molar-refractivity contribution in [3.8, 4) is 11.6 Å². The van der Waals surface area contributed by atoms with Crippen molar-refractivity contribution in [1.82, 2.24) is 14.9 Å². The summed E-state index contributed by atoms with van der Waals surface area (Å²) < 4.78 is 19.3. The fraction of sp³-hybridized carbons (Fsp3) is 0.353. The second kappa shape index (κ2) is 6.92.